The molecule has 1 rings (SSSR count). The van der Waals surface area contributed by atoms with Crippen molar-refractivity contribution in [3.8, 4) is 0 Å². The van der Waals surface area contributed by atoms with Crippen LogP contribution in [0, 0.1) is 0 Å². The molecule has 0 saturated heterocycles. The number of hydrogen-bond donors (Lipinski definition) is 0. The molecule has 0 fully saturated rings. The van der Waals surface area contributed by atoms with E-state index < -0.39 is 11.3 Å². The van der Waals surface area contributed by atoms with Gasteiger partial charge in [0.25, 0.3) is 5.91 Å². The highest BCUT2D eigenvalue weighted by atomic mass is 35.5. The van der Waals surface area contributed by atoms with E-state index in [-0.39, 0.29) is 10.5 Å². The van der Waals surface area contributed by atoms with Crippen LogP contribution in [0.25, 0.3) is 0 Å². The molecule has 1 aliphatic rings. The van der Waals surface area contributed by atoms with Crippen LogP contribution in [0.1, 0.15) is 0 Å². The Bertz CT molecular complexity index is 235. The first-order chi connectivity index (χ1) is 4.61. The number of rotatable bonds is 0. The predicted octanol–water partition coefficient (Wildman–Crippen LogP) is 1.37. The second-order valence-corrected chi connectivity index (χ2v) is 2.68. The van der Waals surface area contributed by atoms with Crippen LogP contribution in [0.3, 0.4) is 0 Å². The summed E-state index contributed by atoms with van der Waals surface area (Å²) in [5, 5.41) is -1.18. The van der Waals surface area contributed by atoms with E-state index in [4.69, 9.17) is 34.8 Å². The maximum atomic E-state index is 10.6. The first-order valence-corrected chi connectivity index (χ1v) is 3.46. The zero-order valence-corrected chi connectivity index (χ0v) is 6.78. The van der Waals surface area contributed by atoms with Crippen LogP contribution in [0.2, 0.25) is 0 Å². The van der Waals surface area contributed by atoms with Gasteiger partial charge in [-0.1, -0.05) is 11.6 Å². The highest BCUT2D eigenvalue weighted by Crippen LogP contribution is 2.12. The second-order valence-electron chi connectivity index (χ2n) is 1.52. The van der Waals surface area contributed by atoms with E-state index in [0.29, 0.717) is 0 Å². The lowest BCUT2D eigenvalue weighted by molar-refractivity contribution is -0.116. The number of carbonyl (C=O) groups excluding carboxylic acids is 1. The van der Waals surface area contributed by atoms with Gasteiger partial charge in [0.05, 0.1) is 0 Å². The Morgan fingerprint density at radius 1 is 1.30 bits per heavy atom. The van der Waals surface area contributed by atoms with Crippen LogP contribution in [-0.4, -0.2) is 21.7 Å². The molecule has 3 nitrogen and oxygen atoms in total. The summed E-state index contributed by atoms with van der Waals surface area (Å²) in [6.07, 6.45) is 0. The van der Waals surface area contributed by atoms with Crippen molar-refractivity contribution in [1.29, 1.82) is 0 Å². The molecule has 0 spiro atoms. The molecule has 6 heteroatoms. The normalized spacial score (nSPS) is 25.9. The van der Waals surface area contributed by atoms with E-state index in [1.807, 2.05) is 0 Å². The molecule has 54 valence electrons. The minimum atomic E-state index is -0.968. The molecule has 1 amide bonds. The summed E-state index contributed by atoms with van der Waals surface area (Å²) in [6.45, 7) is 0. The molecule has 1 atom stereocenters. The van der Waals surface area contributed by atoms with Crippen LogP contribution in [0.5, 0.6) is 0 Å². The monoisotopic (exact) mass is 198 g/mol. The third kappa shape index (κ3) is 1.48. The van der Waals surface area contributed by atoms with E-state index >= 15 is 0 Å². The third-order valence-electron chi connectivity index (χ3n) is 0.827. The summed E-state index contributed by atoms with van der Waals surface area (Å²) >= 11 is 16.1. The van der Waals surface area contributed by atoms with Crippen LogP contribution >= 0.6 is 34.8 Å². The van der Waals surface area contributed by atoms with Gasteiger partial charge in [-0.3, -0.25) is 4.79 Å². The maximum Gasteiger partial charge on any atom is 0.273 e. The smallest absolute Gasteiger partial charge is 0.270 e. The van der Waals surface area contributed by atoms with Crippen LogP contribution in [0.4, 0.5) is 0 Å². The van der Waals surface area contributed by atoms with Gasteiger partial charge in [0.2, 0.25) is 5.29 Å². The van der Waals surface area contributed by atoms with Gasteiger partial charge in [0.1, 0.15) is 5.17 Å². The molecule has 0 aromatic rings. The van der Waals surface area contributed by atoms with Crippen molar-refractivity contribution in [2.45, 2.75) is 5.38 Å². The van der Waals surface area contributed by atoms with Gasteiger partial charge in [-0.2, -0.15) is 4.99 Å². The van der Waals surface area contributed by atoms with Crippen molar-refractivity contribution in [2.75, 3.05) is 0 Å². The van der Waals surface area contributed by atoms with Crippen molar-refractivity contribution in [3.63, 3.8) is 0 Å². The van der Waals surface area contributed by atoms with E-state index in [0.717, 1.165) is 0 Å². The summed E-state index contributed by atoms with van der Waals surface area (Å²) in [6, 6.07) is 0. The molecule has 0 N–H and O–H groups in total. The number of nitrogens with zero attached hydrogens (tertiary/aromatic N) is 2. The van der Waals surface area contributed by atoms with Crippen molar-refractivity contribution >= 4 is 51.2 Å². The summed E-state index contributed by atoms with van der Waals surface area (Å²) in [7, 11) is 0. The third-order valence-corrected chi connectivity index (χ3v) is 1.80. The Labute approximate surface area is 71.7 Å². The van der Waals surface area contributed by atoms with Gasteiger partial charge in [0, 0.05) is 0 Å². The molecule has 0 bridgehead atoms. The number of amidine groups is 1. The fourth-order valence-corrected chi connectivity index (χ4v) is 0.908. The minimum Gasteiger partial charge on any atom is -0.270 e. The molecular weight excluding hydrogens is 198 g/mol. The minimum absolute atomic E-state index is 0.0355. The molecule has 0 saturated carbocycles. The number of aliphatic imine (C=N–C) groups is 2. The average molecular weight is 199 g/mol. The summed E-state index contributed by atoms with van der Waals surface area (Å²) in [5.41, 5.74) is 0. The second kappa shape index (κ2) is 2.86. The molecule has 0 aromatic carbocycles. The van der Waals surface area contributed by atoms with Gasteiger partial charge in [-0.05, 0) is 11.6 Å². The Hall–Kier alpha value is -0.120. The van der Waals surface area contributed by atoms with Crippen LogP contribution in [-0.2, 0) is 4.79 Å². The van der Waals surface area contributed by atoms with Gasteiger partial charge < -0.3 is 0 Å². The summed E-state index contributed by atoms with van der Waals surface area (Å²) in [4.78, 5) is 17.4. The van der Waals surface area contributed by atoms with Gasteiger partial charge >= 0.3 is 0 Å². The fraction of sp³-hybridized carbons (Fsp3) is 0.250. The number of carbonyl (C=O) groups is 1. The molecule has 0 aromatic heterocycles. The quantitative estimate of drug-likeness (QED) is 0.429. The van der Waals surface area contributed by atoms with Crippen LogP contribution < -0.4 is 0 Å². The van der Waals surface area contributed by atoms with E-state index in [1.54, 1.807) is 0 Å². The molecule has 0 radical (unpaired) electrons. The highest BCUT2D eigenvalue weighted by Gasteiger charge is 2.24. The Kier molecular flexibility index (Phi) is 2.28. The van der Waals surface area contributed by atoms with Crippen LogP contribution in [0.15, 0.2) is 9.98 Å². The van der Waals surface area contributed by atoms with E-state index in [1.165, 1.54) is 0 Å². The topological polar surface area (TPSA) is 41.8 Å². The van der Waals surface area contributed by atoms with Crippen molar-refractivity contribution in [1.82, 2.24) is 0 Å². The van der Waals surface area contributed by atoms with Crippen molar-refractivity contribution in [3.05, 3.63) is 0 Å². The first kappa shape index (κ1) is 7.98. The Morgan fingerprint density at radius 3 is 2.40 bits per heavy atom. The summed E-state index contributed by atoms with van der Waals surface area (Å²) < 4.78 is 0. The summed E-state index contributed by atoms with van der Waals surface area (Å²) in [5.74, 6) is -0.577. The largest absolute Gasteiger partial charge is 0.273 e. The Balaban J connectivity index is 2.95. The van der Waals surface area contributed by atoms with Crippen molar-refractivity contribution < 1.29 is 4.79 Å². The highest BCUT2D eigenvalue weighted by molar-refractivity contribution is 6.78. The molecule has 1 aliphatic heterocycles. The van der Waals surface area contributed by atoms with Gasteiger partial charge in [-0.15, -0.1) is 11.6 Å². The molecule has 1 unspecified atom stereocenters. The van der Waals surface area contributed by atoms with Crippen molar-refractivity contribution in [2.24, 2.45) is 9.98 Å². The fourth-order valence-electron chi connectivity index (χ4n) is 0.419. The lowest BCUT2D eigenvalue weighted by Gasteiger charge is -2.05. The molecular formula is C4HCl3N2O. The van der Waals surface area contributed by atoms with E-state index in [9.17, 15) is 4.79 Å². The lowest BCUT2D eigenvalue weighted by Crippen LogP contribution is -2.24. The first-order valence-electron chi connectivity index (χ1n) is 2.27. The average Bonchev–Trinajstić information content (AvgIpc) is 1.82. The molecule has 0 aliphatic carbocycles. The predicted molar refractivity (Wildman–Crippen MR) is 41.2 cm³/mol. The SMILES string of the molecule is O=C1N=C(Cl)N=C(Cl)C1Cl. The van der Waals surface area contributed by atoms with Gasteiger partial charge in [0.15, 0.2) is 5.38 Å². The Morgan fingerprint density at radius 2 is 1.90 bits per heavy atom. The van der Waals surface area contributed by atoms with E-state index in [2.05, 4.69) is 9.98 Å². The number of alkyl halides is 1. The number of hydrogen-bond acceptors (Lipinski definition) is 2. The molecule has 10 heavy (non-hydrogen) atoms. The lowest BCUT2D eigenvalue weighted by atomic mass is 10.4. The standard InChI is InChI=1S/C4HCl3N2O/c5-1-2(6)8-4(7)9-3(1)10/h1H. The number of halogens is 3. The van der Waals surface area contributed by atoms with Gasteiger partial charge in [-0.25, -0.2) is 4.99 Å². The zero-order valence-electron chi connectivity index (χ0n) is 4.51. The maximum absolute atomic E-state index is 10.6. The number of amides is 1. The zero-order chi connectivity index (χ0) is 7.72. The molecule has 1 heterocycles.